The summed E-state index contributed by atoms with van der Waals surface area (Å²) in [5, 5.41) is 33.1. The van der Waals surface area contributed by atoms with E-state index in [1.165, 1.54) is 0 Å². The first-order chi connectivity index (χ1) is 9.97. The SMILES string of the molecule is Cc1ccccc1CNC(=O)Nc1cc(O)c(O)c(O)c1. The van der Waals surface area contributed by atoms with Gasteiger partial charge in [-0.3, -0.25) is 0 Å². The number of anilines is 1. The van der Waals surface area contributed by atoms with E-state index in [1.807, 2.05) is 31.2 Å². The van der Waals surface area contributed by atoms with Gasteiger partial charge in [0.1, 0.15) is 0 Å². The van der Waals surface area contributed by atoms with Gasteiger partial charge in [-0.15, -0.1) is 0 Å². The van der Waals surface area contributed by atoms with Crippen molar-refractivity contribution in [2.45, 2.75) is 13.5 Å². The fraction of sp³-hybridized carbons (Fsp3) is 0.133. The first-order valence-corrected chi connectivity index (χ1v) is 6.31. The zero-order valence-corrected chi connectivity index (χ0v) is 11.4. The normalized spacial score (nSPS) is 10.1. The molecule has 5 N–H and O–H groups in total. The molecule has 0 aliphatic heterocycles. The van der Waals surface area contributed by atoms with E-state index in [-0.39, 0.29) is 5.69 Å². The number of carbonyl (C=O) groups is 1. The zero-order chi connectivity index (χ0) is 15.4. The molecule has 0 fully saturated rings. The highest BCUT2D eigenvalue weighted by Gasteiger charge is 2.10. The van der Waals surface area contributed by atoms with Crippen molar-refractivity contribution in [3.8, 4) is 17.2 Å². The summed E-state index contributed by atoms with van der Waals surface area (Å²) < 4.78 is 0. The quantitative estimate of drug-likeness (QED) is 0.442. The number of hydrogen-bond donors (Lipinski definition) is 5. The Morgan fingerprint density at radius 3 is 2.33 bits per heavy atom. The summed E-state index contributed by atoms with van der Waals surface area (Å²) in [4.78, 5) is 11.8. The Kier molecular flexibility index (Phi) is 4.18. The van der Waals surface area contributed by atoms with Crippen LogP contribution in [-0.2, 0) is 6.54 Å². The maximum Gasteiger partial charge on any atom is 0.319 e. The maximum atomic E-state index is 11.8. The highest BCUT2D eigenvalue weighted by Crippen LogP contribution is 2.37. The Bertz CT molecular complexity index is 647. The van der Waals surface area contributed by atoms with Crippen LogP contribution in [0, 0.1) is 6.92 Å². The number of carbonyl (C=O) groups excluding carboxylic acids is 1. The van der Waals surface area contributed by atoms with E-state index in [0.717, 1.165) is 23.3 Å². The van der Waals surface area contributed by atoms with Crippen molar-refractivity contribution in [2.75, 3.05) is 5.32 Å². The van der Waals surface area contributed by atoms with Crippen LogP contribution in [0.5, 0.6) is 17.2 Å². The fourth-order valence-electron chi connectivity index (χ4n) is 1.84. The molecule has 0 spiro atoms. The molecule has 21 heavy (non-hydrogen) atoms. The Labute approximate surface area is 121 Å². The second-order valence-electron chi connectivity index (χ2n) is 4.60. The number of aryl methyl sites for hydroxylation is 1. The standard InChI is InChI=1S/C15H16N2O4/c1-9-4-2-3-5-10(9)8-16-15(21)17-11-6-12(18)14(20)13(19)7-11/h2-7,18-20H,8H2,1H3,(H2,16,17,21). The number of nitrogens with one attached hydrogen (secondary N) is 2. The average Bonchev–Trinajstić information content (AvgIpc) is 2.44. The molecule has 0 atom stereocenters. The van der Waals surface area contributed by atoms with Gasteiger partial charge in [0.2, 0.25) is 0 Å². The summed E-state index contributed by atoms with van der Waals surface area (Å²) in [5.74, 6) is -1.64. The van der Waals surface area contributed by atoms with Crippen molar-refractivity contribution in [1.29, 1.82) is 0 Å². The van der Waals surface area contributed by atoms with Crippen LogP contribution in [0.15, 0.2) is 36.4 Å². The highest BCUT2D eigenvalue weighted by atomic mass is 16.3. The molecule has 2 aromatic carbocycles. The van der Waals surface area contributed by atoms with Gasteiger partial charge >= 0.3 is 6.03 Å². The Hall–Kier alpha value is -2.89. The molecule has 0 saturated carbocycles. The summed E-state index contributed by atoms with van der Waals surface area (Å²) >= 11 is 0. The van der Waals surface area contributed by atoms with Gasteiger partial charge in [0.25, 0.3) is 0 Å². The summed E-state index contributed by atoms with van der Waals surface area (Å²) in [7, 11) is 0. The van der Waals surface area contributed by atoms with Crippen LogP contribution in [0.4, 0.5) is 10.5 Å². The second-order valence-corrected chi connectivity index (χ2v) is 4.60. The van der Waals surface area contributed by atoms with Gasteiger partial charge in [0.15, 0.2) is 17.2 Å². The number of aromatic hydroxyl groups is 3. The lowest BCUT2D eigenvalue weighted by Crippen LogP contribution is -2.28. The van der Waals surface area contributed by atoms with Crippen LogP contribution in [0.2, 0.25) is 0 Å². The summed E-state index contributed by atoms with van der Waals surface area (Å²) in [6, 6.07) is 9.46. The molecular weight excluding hydrogens is 272 g/mol. The van der Waals surface area contributed by atoms with E-state index in [1.54, 1.807) is 0 Å². The molecule has 6 nitrogen and oxygen atoms in total. The molecule has 2 amide bonds. The van der Waals surface area contributed by atoms with Gasteiger partial charge in [-0.05, 0) is 18.1 Å². The van der Waals surface area contributed by atoms with Crippen LogP contribution in [-0.4, -0.2) is 21.4 Å². The smallest absolute Gasteiger partial charge is 0.319 e. The van der Waals surface area contributed by atoms with E-state index in [2.05, 4.69) is 10.6 Å². The van der Waals surface area contributed by atoms with E-state index in [0.29, 0.717) is 6.54 Å². The molecule has 110 valence electrons. The van der Waals surface area contributed by atoms with Gasteiger partial charge in [-0.25, -0.2) is 4.79 Å². The molecule has 0 heterocycles. The maximum absolute atomic E-state index is 11.8. The predicted octanol–water partition coefficient (Wildman–Crippen LogP) is 2.43. The molecule has 0 unspecified atom stereocenters. The summed E-state index contributed by atoms with van der Waals surface area (Å²) in [6.45, 7) is 2.31. The van der Waals surface area contributed by atoms with Crippen molar-refractivity contribution < 1.29 is 20.1 Å². The van der Waals surface area contributed by atoms with Crippen LogP contribution in [0.1, 0.15) is 11.1 Å². The number of amides is 2. The minimum atomic E-state index is -0.624. The molecule has 6 heteroatoms. The molecule has 0 saturated heterocycles. The van der Waals surface area contributed by atoms with Crippen LogP contribution >= 0.6 is 0 Å². The molecule has 2 aromatic rings. The van der Waals surface area contributed by atoms with Gasteiger partial charge in [-0.2, -0.15) is 0 Å². The van der Waals surface area contributed by atoms with Gasteiger partial charge in [0.05, 0.1) is 5.69 Å². The minimum absolute atomic E-state index is 0.171. The van der Waals surface area contributed by atoms with Crippen molar-refractivity contribution in [3.63, 3.8) is 0 Å². The third-order valence-corrected chi connectivity index (χ3v) is 3.03. The number of urea groups is 1. The van der Waals surface area contributed by atoms with Gasteiger partial charge in [0, 0.05) is 18.7 Å². The fourth-order valence-corrected chi connectivity index (χ4v) is 1.84. The molecule has 2 rings (SSSR count). The van der Waals surface area contributed by atoms with Crippen LogP contribution in [0.25, 0.3) is 0 Å². The second kappa shape index (κ2) is 6.04. The first kappa shape index (κ1) is 14.5. The number of phenolic OH excluding ortho intramolecular Hbond substituents is 3. The Morgan fingerprint density at radius 2 is 1.71 bits per heavy atom. The number of benzene rings is 2. The summed E-state index contributed by atoms with van der Waals surface area (Å²) in [6.07, 6.45) is 0. The van der Waals surface area contributed by atoms with Crippen molar-refractivity contribution in [2.24, 2.45) is 0 Å². The third kappa shape index (κ3) is 3.56. The molecule has 0 aliphatic carbocycles. The first-order valence-electron chi connectivity index (χ1n) is 6.31. The van der Waals surface area contributed by atoms with Gasteiger partial charge in [-0.1, -0.05) is 24.3 Å². The highest BCUT2D eigenvalue weighted by molar-refractivity contribution is 5.90. The molecular formula is C15H16N2O4. The minimum Gasteiger partial charge on any atom is -0.504 e. The monoisotopic (exact) mass is 288 g/mol. The lowest BCUT2D eigenvalue weighted by molar-refractivity contribution is 0.251. The molecule has 0 radical (unpaired) electrons. The molecule has 0 bridgehead atoms. The van der Waals surface area contributed by atoms with E-state index in [9.17, 15) is 20.1 Å². The van der Waals surface area contributed by atoms with Crippen LogP contribution in [0.3, 0.4) is 0 Å². The topological polar surface area (TPSA) is 102 Å². The third-order valence-electron chi connectivity index (χ3n) is 3.03. The predicted molar refractivity (Wildman–Crippen MR) is 78.5 cm³/mol. The van der Waals surface area contributed by atoms with Gasteiger partial charge < -0.3 is 26.0 Å². The lowest BCUT2D eigenvalue weighted by atomic mass is 10.1. The number of phenols is 3. The van der Waals surface area contributed by atoms with E-state index in [4.69, 9.17) is 0 Å². The van der Waals surface area contributed by atoms with Crippen molar-refractivity contribution in [3.05, 3.63) is 47.5 Å². The van der Waals surface area contributed by atoms with Crippen LogP contribution < -0.4 is 10.6 Å². The van der Waals surface area contributed by atoms with Crippen molar-refractivity contribution in [1.82, 2.24) is 5.32 Å². The Balaban J connectivity index is 1.98. The summed E-state index contributed by atoms with van der Waals surface area (Å²) in [5.41, 5.74) is 2.23. The molecule has 0 aliphatic rings. The molecule has 0 aromatic heterocycles. The Morgan fingerprint density at radius 1 is 1.10 bits per heavy atom. The lowest BCUT2D eigenvalue weighted by Gasteiger charge is -2.10. The number of hydrogen-bond acceptors (Lipinski definition) is 4. The van der Waals surface area contributed by atoms with Crippen molar-refractivity contribution >= 4 is 11.7 Å². The number of rotatable bonds is 3. The van der Waals surface area contributed by atoms with E-state index < -0.39 is 23.3 Å². The van der Waals surface area contributed by atoms with E-state index >= 15 is 0 Å². The zero-order valence-electron chi connectivity index (χ0n) is 11.4. The largest absolute Gasteiger partial charge is 0.504 e. The average molecular weight is 288 g/mol.